The molecule has 0 aliphatic carbocycles. The number of hydrogen-bond acceptors (Lipinski definition) is 7. The van der Waals surface area contributed by atoms with E-state index >= 15 is 0 Å². The molecule has 0 radical (unpaired) electrons. The molecule has 2 aromatic carbocycles. The monoisotopic (exact) mass is 383 g/mol. The quantitative estimate of drug-likeness (QED) is 0.443. The third-order valence-electron chi connectivity index (χ3n) is 3.62. The highest BCUT2D eigenvalue weighted by atomic mass is 32.2. The largest absolute Gasteiger partial charge is 0.508 e. The number of pyridine rings is 1. The van der Waals surface area contributed by atoms with Gasteiger partial charge in [-0.2, -0.15) is 10.2 Å². The number of aromatic nitrogens is 1. The van der Waals surface area contributed by atoms with Crippen molar-refractivity contribution in [2.45, 2.75) is 11.4 Å². The van der Waals surface area contributed by atoms with E-state index in [9.17, 15) is 13.5 Å². The van der Waals surface area contributed by atoms with E-state index in [0.717, 1.165) is 0 Å². The summed E-state index contributed by atoms with van der Waals surface area (Å²) in [6, 6.07) is 15.8. The molecule has 0 unspecified atom stereocenters. The Labute approximate surface area is 156 Å². The number of aromatic hydroxyl groups is 1. The van der Waals surface area contributed by atoms with Gasteiger partial charge >= 0.3 is 0 Å². The molecule has 0 fully saturated rings. The van der Waals surface area contributed by atoms with Gasteiger partial charge in [-0.1, -0.05) is 18.2 Å². The summed E-state index contributed by atoms with van der Waals surface area (Å²) in [6.45, 7) is 0.145. The maximum Gasteiger partial charge on any atom is 0.263 e. The van der Waals surface area contributed by atoms with E-state index < -0.39 is 10.0 Å². The Morgan fingerprint density at radius 2 is 1.78 bits per heavy atom. The topological polar surface area (TPSA) is 130 Å². The van der Waals surface area contributed by atoms with Crippen LogP contribution in [0.25, 0.3) is 0 Å². The van der Waals surface area contributed by atoms with E-state index in [-0.39, 0.29) is 28.7 Å². The Hall–Kier alpha value is -3.46. The Kier molecular flexibility index (Phi) is 5.32. The van der Waals surface area contributed by atoms with Gasteiger partial charge in [-0.25, -0.2) is 13.4 Å². The molecule has 0 atom stereocenters. The van der Waals surface area contributed by atoms with Crippen LogP contribution in [-0.4, -0.2) is 18.5 Å². The summed E-state index contributed by atoms with van der Waals surface area (Å²) < 4.78 is 27.4. The molecule has 138 valence electrons. The molecule has 0 bridgehead atoms. The van der Waals surface area contributed by atoms with Crippen molar-refractivity contribution in [1.29, 1.82) is 0 Å². The number of nitrogen functional groups attached to an aromatic ring is 1. The molecule has 0 spiro atoms. The second kappa shape index (κ2) is 7.83. The van der Waals surface area contributed by atoms with Gasteiger partial charge in [0, 0.05) is 17.4 Å². The molecule has 0 saturated carbocycles. The minimum absolute atomic E-state index is 0.0513. The molecule has 9 heteroatoms. The van der Waals surface area contributed by atoms with Gasteiger partial charge in [-0.15, -0.1) is 0 Å². The van der Waals surface area contributed by atoms with Crippen LogP contribution >= 0.6 is 0 Å². The van der Waals surface area contributed by atoms with Crippen LogP contribution in [0.1, 0.15) is 5.56 Å². The Morgan fingerprint density at radius 3 is 2.52 bits per heavy atom. The number of phenolic OH excluding ortho intramolecular Hbond substituents is 1. The molecule has 0 amide bonds. The summed E-state index contributed by atoms with van der Waals surface area (Å²) in [5.74, 6) is 0.169. The van der Waals surface area contributed by atoms with Crippen LogP contribution in [0.15, 0.2) is 82.0 Å². The summed E-state index contributed by atoms with van der Waals surface area (Å²) in [5, 5.41) is 17.8. The molecule has 8 nitrogen and oxygen atoms in total. The first kappa shape index (κ1) is 18.3. The number of hydrogen-bond donors (Lipinski definition) is 3. The molecule has 4 N–H and O–H groups in total. The van der Waals surface area contributed by atoms with Crippen LogP contribution in [0.5, 0.6) is 5.75 Å². The number of rotatable bonds is 6. The molecule has 3 aromatic rings. The van der Waals surface area contributed by atoms with Crippen LogP contribution in [0.3, 0.4) is 0 Å². The van der Waals surface area contributed by atoms with Gasteiger partial charge in [-0.05, 0) is 42.5 Å². The lowest BCUT2D eigenvalue weighted by molar-refractivity contribution is 0.468. The molecule has 1 aromatic heterocycles. The smallest absolute Gasteiger partial charge is 0.263 e. The SMILES string of the molecule is Nc1ccc(S(=O)(=O)Nc2ncccc2N=NCc2ccccc2O)cc1. The molecular weight excluding hydrogens is 366 g/mol. The highest BCUT2D eigenvalue weighted by molar-refractivity contribution is 7.92. The van der Waals surface area contributed by atoms with Crippen molar-refractivity contribution in [3.05, 3.63) is 72.4 Å². The van der Waals surface area contributed by atoms with E-state index in [1.165, 1.54) is 30.5 Å². The lowest BCUT2D eigenvalue weighted by atomic mass is 10.2. The van der Waals surface area contributed by atoms with Gasteiger partial charge in [0.2, 0.25) is 0 Å². The van der Waals surface area contributed by atoms with Gasteiger partial charge in [0.15, 0.2) is 5.82 Å². The van der Waals surface area contributed by atoms with Gasteiger partial charge < -0.3 is 10.8 Å². The highest BCUT2D eigenvalue weighted by Gasteiger charge is 2.16. The predicted molar refractivity (Wildman–Crippen MR) is 102 cm³/mol. The number of anilines is 2. The third-order valence-corrected chi connectivity index (χ3v) is 4.97. The van der Waals surface area contributed by atoms with Gasteiger partial charge in [0.25, 0.3) is 10.0 Å². The van der Waals surface area contributed by atoms with Gasteiger partial charge in [0.1, 0.15) is 11.4 Å². The second-order valence-corrected chi connectivity index (χ2v) is 7.26. The molecule has 0 aliphatic rings. The van der Waals surface area contributed by atoms with E-state index in [0.29, 0.717) is 11.3 Å². The number of sulfonamides is 1. The van der Waals surface area contributed by atoms with E-state index in [1.54, 1.807) is 36.4 Å². The number of nitrogens with one attached hydrogen (secondary N) is 1. The lowest BCUT2D eigenvalue weighted by Crippen LogP contribution is -2.14. The zero-order chi connectivity index (χ0) is 19.3. The van der Waals surface area contributed by atoms with Crippen LogP contribution in [-0.2, 0) is 16.6 Å². The predicted octanol–water partition coefficient (Wildman–Crippen LogP) is 3.45. The summed E-state index contributed by atoms with van der Waals surface area (Å²) >= 11 is 0. The first-order chi connectivity index (χ1) is 13.0. The van der Waals surface area contributed by atoms with Crippen LogP contribution in [0, 0.1) is 0 Å². The lowest BCUT2D eigenvalue weighted by Gasteiger charge is -2.09. The first-order valence-corrected chi connectivity index (χ1v) is 9.42. The van der Waals surface area contributed by atoms with Crippen molar-refractivity contribution in [3.63, 3.8) is 0 Å². The van der Waals surface area contributed by atoms with Crippen molar-refractivity contribution in [2.75, 3.05) is 10.5 Å². The zero-order valence-corrected chi connectivity index (χ0v) is 15.0. The van der Waals surface area contributed by atoms with Crippen molar-refractivity contribution in [2.24, 2.45) is 10.2 Å². The fourth-order valence-corrected chi connectivity index (χ4v) is 3.25. The van der Waals surface area contributed by atoms with E-state index in [1.807, 2.05) is 0 Å². The fraction of sp³-hybridized carbons (Fsp3) is 0.0556. The zero-order valence-electron chi connectivity index (χ0n) is 14.1. The number of azo groups is 1. The van der Waals surface area contributed by atoms with Crippen LogP contribution in [0.4, 0.5) is 17.2 Å². The summed E-state index contributed by atoms with van der Waals surface area (Å²) in [5.41, 5.74) is 6.91. The maximum atomic E-state index is 12.5. The third kappa shape index (κ3) is 4.59. The number of para-hydroxylation sites is 1. The Bertz CT molecular complexity index is 1070. The van der Waals surface area contributed by atoms with Crippen molar-refractivity contribution >= 4 is 27.2 Å². The van der Waals surface area contributed by atoms with Crippen LogP contribution < -0.4 is 10.5 Å². The van der Waals surface area contributed by atoms with Gasteiger partial charge in [-0.3, -0.25) is 4.72 Å². The first-order valence-electron chi connectivity index (χ1n) is 7.93. The number of phenols is 1. The molecule has 1 heterocycles. The molecule has 3 rings (SSSR count). The number of benzene rings is 2. The minimum Gasteiger partial charge on any atom is -0.508 e. The molecule has 0 aliphatic heterocycles. The van der Waals surface area contributed by atoms with Crippen LogP contribution in [0.2, 0.25) is 0 Å². The molecule has 27 heavy (non-hydrogen) atoms. The normalized spacial score (nSPS) is 11.6. The number of nitrogens with zero attached hydrogens (tertiary/aromatic N) is 3. The highest BCUT2D eigenvalue weighted by Crippen LogP contribution is 2.26. The summed E-state index contributed by atoms with van der Waals surface area (Å²) in [6.07, 6.45) is 1.45. The van der Waals surface area contributed by atoms with Crippen molar-refractivity contribution < 1.29 is 13.5 Å². The van der Waals surface area contributed by atoms with E-state index in [4.69, 9.17) is 5.73 Å². The Balaban J connectivity index is 1.80. The average Bonchev–Trinajstić information content (AvgIpc) is 2.65. The standard InChI is InChI=1S/C18H17N5O3S/c19-14-7-9-15(10-8-14)27(25,26)23-18-16(5-3-11-20-18)22-21-12-13-4-1-2-6-17(13)24/h1-11,24H,12,19H2,(H,20,23). The fourth-order valence-electron chi connectivity index (χ4n) is 2.22. The van der Waals surface area contributed by atoms with E-state index in [2.05, 4.69) is 19.9 Å². The van der Waals surface area contributed by atoms with Gasteiger partial charge in [0.05, 0.1) is 11.4 Å². The summed E-state index contributed by atoms with van der Waals surface area (Å²) in [7, 11) is -3.85. The second-order valence-electron chi connectivity index (χ2n) is 5.57. The van der Waals surface area contributed by atoms with Crippen molar-refractivity contribution in [1.82, 2.24) is 4.98 Å². The Morgan fingerprint density at radius 1 is 1.04 bits per heavy atom. The average molecular weight is 383 g/mol. The van der Waals surface area contributed by atoms with Crippen molar-refractivity contribution in [3.8, 4) is 5.75 Å². The molecular formula is C18H17N5O3S. The number of nitrogens with two attached hydrogens (primary N) is 1. The summed E-state index contributed by atoms with van der Waals surface area (Å²) in [4.78, 5) is 4.09. The minimum atomic E-state index is -3.85. The molecule has 0 saturated heterocycles. The maximum absolute atomic E-state index is 12.5.